The second kappa shape index (κ2) is 9.11. The maximum atomic E-state index is 11.3. The molecule has 2 aromatic heterocycles. The van der Waals surface area contributed by atoms with Gasteiger partial charge in [0.05, 0.1) is 35.5 Å². The van der Waals surface area contributed by atoms with Crippen molar-refractivity contribution in [2.75, 3.05) is 13.2 Å². The highest BCUT2D eigenvalue weighted by atomic mass is 32.1. The summed E-state index contributed by atoms with van der Waals surface area (Å²) in [6.07, 6.45) is 0. The molecule has 5 aromatic rings. The molecule has 2 heterocycles. The number of nitrogens with zero attached hydrogens (tertiary/aromatic N) is 2. The van der Waals surface area contributed by atoms with Crippen molar-refractivity contribution in [3.8, 4) is 33.3 Å². The van der Waals surface area contributed by atoms with E-state index in [2.05, 4.69) is 0 Å². The molecule has 0 saturated heterocycles. The summed E-state index contributed by atoms with van der Waals surface area (Å²) in [4.78, 5) is 20.9. The second-order valence-electron chi connectivity index (χ2n) is 7.67. The first-order valence-electron chi connectivity index (χ1n) is 11.0. The van der Waals surface area contributed by atoms with E-state index in [9.17, 15) is 9.90 Å². The zero-order valence-corrected chi connectivity index (χ0v) is 19.6. The highest BCUT2D eigenvalue weighted by Crippen LogP contribution is 2.36. The number of hydrogen-bond acceptors (Lipinski definition) is 6. The summed E-state index contributed by atoms with van der Waals surface area (Å²) in [6.45, 7) is 5.03. The second-order valence-corrected chi connectivity index (χ2v) is 8.53. The predicted octanol–water partition coefficient (Wildman–Crippen LogP) is 6.67. The Kier molecular flexibility index (Phi) is 5.86. The maximum absolute atomic E-state index is 11.3. The number of rotatable bonds is 7. The van der Waals surface area contributed by atoms with Crippen LogP contribution < -0.4 is 9.47 Å². The number of thiazole rings is 1. The molecule has 7 heteroatoms. The van der Waals surface area contributed by atoms with Gasteiger partial charge in [-0.25, -0.2) is 14.8 Å². The van der Waals surface area contributed by atoms with Gasteiger partial charge in [-0.2, -0.15) is 0 Å². The average Bonchev–Trinajstić information content (AvgIpc) is 3.34. The fourth-order valence-electron chi connectivity index (χ4n) is 3.85. The molecule has 0 fully saturated rings. The summed E-state index contributed by atoms with van der Waals surface area (Å²) >= 11 is 1.57. The molecular formula is C27H22N2O4S. The monoisotopic (exact) mass is 470 g/mol. The smallest absolute Gasteiger partial charge is 0.335 e. The Morgan fingerprint density at radius 2 is 1.62 bits per heavy atom. The number of ether oxygens (including phenoxy) is 2. The number of carboxylic acids is 1. The number of hydrogen-bond donors (Lipinski definition) is 1. The number of aromatic nitrogens is 2. The van der Waals surface area contributed by atoms with Gasteiger partial charge in [-0.1, -0.05) is 12.1 Å². The fraction of sp³-hybridized carbons (Fsp3) is 0.148. The highest BCUT2D eigenvalue weighted by Gasteiger charge is 2.12. The van der Waals surface area contributed by atoms with E-state index in [1.807, 2.05) is 61.7 Å². The first kappa shape index (κ1) is 21.9. The van der Waals surface area contributed by atoms with Crippen LogP contribution in [0.15, 0.2) is 66.0 Å². The van der Waals surface area contributed by atoms with Crippen LogP contribution in [-0.2, 0) is 0 Å². The van der Waals surface area contributed by atoms with Crippen LogP contribution >= 0.6 is 11.3 Å². The van der Waals surface area contributed by atoms with Gasteiger partial charge in [-0.05, 0) is 62.4 Å². The number of pyridine rings is 1. The van der Waals surface area contributed by atoms with Crippen LogP contribution in [0, 0.1) is 0 Å². The van der Waals surface area contributed by atoms with Crippen molar-refractivity contribution >= 4 is 39.1 Å². The number of carboxylic acid groups (broad SMARTS) is 1. The molecule has 3 aromatic carbocycles. The average molecular weight is 471 g/mol. The van der Waals surface area contributed by atoms with Gasteiger partial charge in [0, 0.05) is 27.3 Å². The van der Waals surface area contributed by atoms with E-state index in [0.717, 1.165) is 49.4 Å². The van der Waals surface area contributed by atoms with Gasteiger partial charge in [-0.3, -0.25) is 0 Å². The molecule has 0 unspecified atom stereocenters. The van der Waals surface area contributed by atoms with Crippen molar-refractivity contribution in [3.63, 3.8) is 0 Å². The Labute approximate surface area is 200 Å². The standard InChI is InChI=1S/C27H22N2O4S/c1-3-32-24-10-8-18(14-25(24)33-4-2)26-29-23(15-34-26)17-6-5-16-11-20-12-19(27(30)31)7-9-21(20)28-22(16)13-17/h5-15H,3-4H2,1-2H3,(H,30,31). The number of aromatic carboxylic acids is 1. The van der Waals surface area contributed by atoms with Crippen LogP contribution in [0.5, 0.6) is 11.5 Å². The first-order chi connectivity index (χ1) is 16.6. The number of benzene rings is 3. The van der Waals surface area contributed by atoms with Crippen molar-refractivity contribution in [2.24, 2.45) is 0 Å². The lowest BCUT2D eigenvalue weighted by Gasteiger charge is -2.11. The van der Waals surface area contributed by atoms with Crippen LogP contribution in [0.4, 0.5) is 0 Å². The minimum atomic E-state index is -0.947. The third-order valence-corrected chi connectivity index (χ3v) is 6.34. The van der Waals surface area contributed by atoms with E-state index in [0.29, 0.717) is 19.0 Å². The van der Waals surface area contributed by atoms with Gasteiger partial charge in [0.25, 0.3) is 0 Å². The molecule has 0 radical (unpaired) electrons. The lowest BCUT2D eigenvalue weighted by Crippen LogP contribution is -1.98. The van der Waals surface area contributed by atoms with E-state index < -0.39 is 5.97 Å². The van der Waals surface area contributed by atoms with Crippen molar-refractivity contribution in [1.29, 1.82) is 0 Å². The lowest BCUT2D eigenvalue weighted by molar-refractivity contribution is 0.0697. The van der Waals surface area contributed by atoms with Crippen LogP contribution in [0.25, 0.3) is 43.6 Å². The molecule has 6 nitrogen and oxygen atoms in total. The molecule has 0 atom stereocenters. The molecular weight excluding hydrogens is 448 g/mol. The predicted molar refractivity (Wildman–Crippen MR) is 135 cm³/mol. The lowest BCUT2D eigenvalue weighted by atomic mass is 10.1. The summed E-state index contributed by atoms with van der Waals surface area (Å²) in [5.74, 6) is 0.497. The normalized spacial score (nSPS) is 11.1. The molecule has 1 N–H and O–H groups in total. The van der Waals surface area contributed by atoms with Gasteiger partial charge in [0.1, 0.15) is 5.01 Å². The number of carbonyl (C=O) groups is 1. The summed E-state index contributed by atoms with van der Waals surface area (Å²) in [6, 6.07) is 18.8. The molecule has 0 aliphatic heterocycles. The zero-order chi connectivity index (χ0) is 23.7. The van der Waals surface area contributed by atoms with Crippen LogP contribution in [0.3, 0.4) is 0 Å². The first-order valence-corrected chi connectivity index (χ1v) is 11.9. The zero-order valence-electron chi connectivity index (χ0n) is 18.7. The van der Waals surface area contributed by atoms with Crippen molar-refractivity contribution in [1.82, 2.24) is 9.97 Å². The van der Waals surface area contributed by atoms with Crippen LogP contribution in [-0.4, -0.2) is 34.3 Å². The summed E-state index contributed by atoms with van der Waals surface area (Å²) in [5, 5.41) is 13.9. The van der Waals surface area contributed by atoms with E-state index >= 15 is 0 Å². The van der Waals surface area contributed by atoms with Gasteiger partial charge in [0.15, 0.2) is 11.5 Å². The quantitative estimate of drug-likeness (QED) is 0.267. The van der Waals surface area contributed by atoms with E-state index in [1.165, 1.54) is 0 Å². The highest BCUT2D eigenvalue weighted by molar-refractivity contribution is 7.13. The van der Waals surface area contributed by atoms with Crippen molar-refractivity contribution < 1.29 is 19.4 Å². The third-order valence-electron chi connectivity index (χ3n) is 5.45. The van der Waals surface area contributed by atoms with Gasteiger partial charge in [-0.15, -0.1) is 11.3 Å². The van der Waals surface area contributed by atoms with Gasteiger partial charge < -0.3 is 14.6 Å². The molecule has 34 heavy (non-hydrogen) atoms. The van der Waals surface area contributed by atoms with Crippen molar-refractivity contribution in [3.05, 3.63) is 71.6 Å². The Bertz CT molecular complexity index is 1530. The Balaban J connectivity index is 1.49. The molecule has 0 aliphatic rings. The fourth-order valence-corrected chi connectivity index (χ4v) is 4.67. The third kappa shape index (κ3) is 4.18. The molecule has 0 bridgehead atoms. The Morgan fingerprint density at radius 3 is 2.41 bits per heavy atom. The summed E-state index contributed by atoms with van der Waals surface area (Å²) in [7, 11) is 0. The number of fused-ring (bicyclic) bond motifs is 2. The topological polar surface area (TPSA) is 81.5 Å². The molecule has 5 rings (SSSR count). The summed E-state index contributed by atoms with van der Waals surface area (Å²) < 4.78 is 11.4. The van der Waals surface area contributed by atoms with Crippen LogP contribution in [0.2, 0.25) is 0 Å². The van der Waals surface area contributed by atoms with Crippen molar-refractivity contribution in [2.45, 2.75) is 13.8 Å². The molecule has 170 valence electrons. The molecule has 0 saturated carbocycles. The maximum Gasteiger partial charge on any atom is 0.335 e. The Morgan fingerprint density at radius 1 is 0.824 bits per heavy atom. The van der Waals surface area contributed by atoms with Gasteiger partial charge in [0.2, 0.25) is 0 Å². The van der Waals surface area contributed by atoms with E-state index in [-0.39, 0.29) is 5.56 Å². The molecule has 0 aliphatic carbocycles. The minimum Gasteiger partial charge on any atom is -0.490 e. The van der Waals surface area contributed by atoms with E-state index in [4.69, 9.17) is 19.4 Å². The SMILES string of the molecule is CCOc1ccc(-c2nc(-c3ccc4cc5cc(C(=O)O)ccc5nc4c3)cs2)cc1OCC. The van der Waals surface area contributed by atoms with E-state index in [1.54, 1.807) is 29.5 Å². The Hall–Kier alpha value is -3.97. The largest absolute Gasteiger partial charge is 0.490 e. The van der Waals surface area contributed by atoms with Crippen LogP contribution in [0.1, 0.15) is 24.2 Å². The summed E-state index contributed by atoms with van der Waals surface area (Å²) in [5.41, 5.74) is 4.66. The molecule has 0 spiro atoms. The van der Waals surface area contributed by atoms with Gasteiger partial charge >= 0.3 is 5.97 Å². The minimum absolute atomic E-state index is 0.252. The molecule has 0 amide bonds.